The van der Waals surface area contributed by atoms with Crippen LogP contribution in [0.1, 0.15) is 67.9 Å². The summed E-state index contributed by atoms with van der Waals surface area (Å²) in [6.45, 7) is 3.88. The van der Waals surface area contributed by atoms with Gasteiger partial charge in [0.05, 0.1) is 11.1 Å². The third kappa shape index (κ3) is 6.32. The number of carboxylic acid groups (broad SMARTS) is 2. The van der Waals surface area contributed by atoms with Crippen LogP contribution in [0.25, 0.3) is 21.5 Å². The first kappa shape index (κ1) is 29.0. The Labute approximate surface area is 261 Å². The molecular weight excluding hydrogens is 556 g/mol. The van der Waals surface area contributed by atoms with Gasteiger partial charge in [-0.1, -0.05) is 98.2 Å². The minimum Gasteiger partial charge on any atom is -0.478 e. The van der Waals surface area contributed by atoms with E-state index in [0.717, 1.165) is 32.7 Å². The van der Waals surface area contributed by atoms with Crippen molar-refractivity contribution < 1.29 is 19.8 Å². The molecule has 4 heteroatoms. The maximum atomic E-state index is 12.1. The molecule has 45 heavy (non-hydrogen) atoms. The zero-order valence-corrected chi connectivity index (χ0v) is 24.8. The van der Waals surface area contributed by atoms with Crippen LogP contribution in [-0.4, -0.2) is 22.2 Å². The third-order valence-electron chi connectivity index (χ3n) is 8.00. The van der Waals surface area contributed by atoms with Crippen LogP contribution in [0.3, 0.4) is 0 Å². The number of carbonyl (C=O) groups is 2. The average molecular weight is 585 g/mol. The maximum Gasteiger partial charge on any atom is 0.335 e. The summed E-state index contributed by atoms with van der Waals surface area (Å²) in [6, 6.07) is 38.1. The van der Waals surface area contributed by atoms with E-state index in [2.05, 4.69) is 23.7 Å². The molecule has 6 aromatic rings. The summed E-state index contributed by atoms with van der Waals surface area (Å²) >= 11 is 0. The lowest BCUT2D eigenvalue weighted by Crippen LogP contribution is -2.21. The summed E-state index contributed by atoms with van der Waals surface area (Å²) in [5, 5.41) is 24.2. The van der Waals surface area contributed by atoms with Crippen molar-refractivity contribution in [2.24, 2.45) is 0 Å². The highest BCUT2D eigenvalue weighted by Crippen LogP contribution is 2.34. The molecule has 0 atom stereocenters. The van der Waals surface area contributed by atoms with Crippen molar-refractivity contribution in [2.75, 3.05) is 0 Å². The lowest BCUT2D eigenvalue weighted by molar-refractivity contribution is 0.0686. The fourth-order valence-electron chi connectivity index (χ4n) is 5.36. The second kappa shape index (κ2) is 11.9. The van der Waals surface area contributed by atoms with E-state index in [0.29, 0.717) is 22.3 Å². The smallest absolute Gasteiger partial charge is 0.335 e. The summed E-state index contributed by atoms with van der Waals surface area (Å²) in [4.78, 5) is 24.3. The molecule has 0 unspecified atom stereocenters. The van der Waals surface area contributed by atoms with E-state index < -0.39 is 17.4 Å². The highest BCUT2D eigenvalue weighted by Gasteiger charge is 2.26. The van der Waals surface area contributed by atoms with Crippen molar-refractivity contribution in [3.05, 3.63) is 166 Å². The minimum absolute atomic E-state index is 0.106. The summed E-state index contributed by atoms with van der Waals surface area (Å²) in [7, 11) is 0. The summed E-state index contributed by atoms with van der Waals surface area (Å²) in [5.74, 6) is 10.5. The molecule has 0 heterocycles. The van der Waals surface area contributed by atoms with Crippen molar-refractivity contribution in [1.82, 2.24) is 0 Å². The predicted octanol–water partition coefficient (Wildman–Crippen LogP) is 8.51. The van der Waals surface area contributed by atoms with Gasteiger partial charge in [0.2, 0.25) is 0 Å². The van der Waals surface area contributed by atoms with Gasteiger partial charge in [0, 0.05) is 27.7 Å². The van der Waals surface area contributed by atoms with Crippen LogP contribution < -0.4 is 0 Å². The Morgan fingerprint density at radius 1 is 0.467 bits per heavy atom. The van der Waals surface area contributed by atoms with Gasteiger partial charge in [-0.2, -0.15) is 0 Å². The average Bonchev–Trinajstić information content (AvgIpc) is 3.05. The van der Waals surface area contributed by atoms with Crippen molar-refractivity contribution in [3.8, 4) is 23.7 Å². The first-order valence-corrected chi connectivity index (χ1v) is 14.5. The molecule has 0 aromatic heterocycles. The van der Waals surface area contributed by atoms with E-state index in [4.69, 9.17) is 0 Å². The molecule has 0 radical (unpaired) electrons. The molecular formula is C41H28O4. The molecule has 0 amide bonds. The zero-order valence-electron chi connectivity index (χ0n) is 24.8. The van der Waals surface area contributed by atoms with Gasteiger partial charge in [0.25, 0.3) is 0 Å². The van der Waals surface area contributed by atoms with Gasteiger partial charge in [0.15, 0.2) is 0 Å². The molecule has 6 aromatic carbocycles. The lowest BCUT2D eigenvalue weighted by Gasteiger charge is -2.27. The molecule has 0 aliphatic carbocycles. The predicted molar refractivity (Wildman–Crippen MR) is 179 cm³/mol. The number of rotatable bonds is 4. The van der Waals surface area contributed by atoms with Crippen LogP contribution in [-0.2, 0) is 5.41 Å². The second-order valence-electron chi connectivity index (χ2n) is 11.5. The number of hydrogen-bond acceptors (Lipinski definition) is 2. The van der Waals surface area contributed by atoms with Crippen molar-refractivity contribution in [3.63, 3.8) is 0 Å². The standard InChI is InChI=1S/C41H28O4/c1-41(2,37-23-29(21-35(25-37)39(42)43)13-11-27-15-17-31-7-3-5-9-33(31)19-27)38-24-30(22-36(26-38)40(44)45)14-12-28-16-18-32-8-4-6-10-34(32)20-28/h3-10,15-26H,1-2H3,(H,42,43)(H,44,45). The van der Waals surface area contributed by atoms with Crippen molar-refractivity contribution in [1.29, 1.82) is 0 Å². The molecule has 0 aliphatic heterocycles. The first-order valence-electron chi connectivity index (χ1n) is 14.5. The van der Waals surface area contributed by atoms with E-state index in [1.807, 2.05) is 111 Å². The van der Waals surface area contributed by atoms with Crippen LogP contribution in [0, 0.1) is 23.7 Å². The zero-order chi connectivity index (χ0) is 31.6. The Hall–Kier alpha value is -6.10. The Bertz CT molecular complexity index is 2110. The van der Waals surface area contributed by atoms with E-state index >= 15 is 0 Å². The Morgan fingerprint density at radius 2 is 0.844 bits per heavy atom. The van der Waals surface area contributed by atoms with Gasteiger partial charge in [-0.3, -0.25) is 0 Å². The summed E-state index contributed by atoms with van der Waals surface area (Å²) in [6.07, 6.45) is 0. The van der Waals surface area contributed by atoms with Crippen LogP contribution >= 0.6 is 0 Å². The van der Waals surface area contributed by atoms with Crippen molar-refractivity contribution in [2.45, 2.75) is 19.3 Å². The first-order chi connectivity index (χ1) is 21.7. The van der Waals surface area contributed by atoms with Crippen molar-refractivity contribution >= 4 is 33.5 Å². The van der Waals surface area contributed by atoms with Crippen LogP contribution in [0.4, 0.5) is 0 Å². The second-order valence-corrected chi connectivity index (χ2v) is 11.5. The number of benzene rings is 6. The normalized spacial score (nSPS) is 10.9. The van der Waals surface area contributed by atoms with Gasteiger partial charge >= 0.3 is 11.9 Å². The Balaban J connectivity index is 1.40. The summed E-state index contributed by atoms with van der Waals surface area (Å²) < 4.78 is 0. The van der Waals surface area contributed by atoms with Gasteiger partial charge in [-0.05, 0) is 93.3 Å². The summed E-state index contributed by atoms with van der Waals surface area (Å²) in [5.41, 5.74) is 3.58. The number of carboxylic acids is 2. The van der Waals surface area contributed by atoms with Crippen LogP contribution in [0.15, 0.2) is 121 Å². The third-order valence-corrected chi connectivity index (χ3v) is 8.00. The molecule has 2 N–H and O–H groups in total. The molecule has 0 spiro atoms. The largest absolute Gasteiger partial charge is 0.478 e. The monoisotopic (exact) mass is 584 g/mol. The number of aromatic carboxylic acids is 2. The van der Waals surface area contributed by atoms with Crippen LogP contribution in [0.5, 0.6) is 0 Å². The fourth-order valence-corrected chi connectivity index (χ4v) is 5.36. The minimum atomic E-state index is -1.07. The molecule has 0 fully saturated rings. The highest BCUT2D eigenvalue weighted by atomic mass is 16.4. The molecule has 0 aliphatic rings. The van der Waals surface area contributed by atoms with Gasteiger partial charge < -0.3 is 10.2 Å². The van der Waals surface area contributed by atoms with E-state index in [1.165, 1.54) is 0 Å². The fraction of sp³-hybridized carbons (Fsp3) is 0.0732. The number of hydrogen-bond donors (Lipinski definition) is 2. The molecule has 0 bridgehead atoms. The van der Waals surface area contributed by atoms with Gasteiger partial charge in [-0.15, -0.1) is 0 Å². The molecule has 0 saturated carbocycles. The topological polar surface area (TPSA) is 74.6 Å². The van der Waals surface area contributed by atoms with Gasteiger partial charge in [0.1, 0.15) is 0 Å². The molecule has 6 rings (SSSR count). The molecule has 0 saturated heterocycles. The van der Waals surface area contributed by atoms with Gasteiger partial charge in [-0.25, -0.2) is 9.59 Å². The van der Waals surface area contributed by atoms with E-state index in [-0.39, 0.29) is 11.1 Å². The lowest BCUT2D eigenvalue weighted by atomic mass is 9.76. The van der Waals surface area contributed by atoms with E-state index in [1.54, 1.807) is 24.3 Å². The quantitative estimate of drug-likeness (QED) is 0.204. The Kier molecular flexibility index (Phi) is 7.66. The maximum absolute atomic E-state index is 12.1. The van der Waals surface area contributed by atoms with E-state index in [9.17, 15) is 19.8 Å². The van der Waals surface area contributed by atoms with Crippen LogP contribution in [0.2, 0.25) is 0 Å². The molecule has 4 nitrogen and oxygen atoms in total. The SMILES string of the molecule is CC(C)(c1cc(C#Cc2ccc3ccccc3c2)cc(C(=O)O)c1)c1cc(C#Cc2ccc3ccccc3c2)cc(C(=O)O)c1. The molecule has 216 valence electrons. The Morgan fingerprint density at radius 3 is 1.24 bits per heavy atom. The number of fused-ring (bicyclic) bond motifs is 2. The highest BCUT2D eigenvalue weighted by molar-refractivity contribution is 5.90.